The van der Waals surface area contributed by atoms with E-state index in [1.54, 1.807) is 35.4 Å². The summed E-state index contributed by atoms with van der Waals surface area (Å²) in [5.74, 6) is 1.31. The van der Waals surface area contributed by atoms with Gasteiger partial charge in [0, 0.05) is 25.4 Å². The fraction of sp³-hybridized carbons (Fsp3) is 0.300. The maximum absolute atomic E-state index is 12.7. The number of nitrogens with zero attached hydrogens (tertiary/aromatic N) is 4. The van der Waals surface area contributed by atoms with Crippen molar-refractivity contribution in [2.45, 2.75) is 39.3 Å². The molecule has 0 radical (unpaired) electrons. The number of carbonyl (C=O) groups excluding carboxylic acids is 1. The normalized spacial score (nSPS) is 10.7. The van der Waals surface area contributed by atoms with Crippen molar-refractivity contribution in [3.8, 4) is 17.7 Å². The number of aromatic nitrogens is 2. The molecule has 0 atom stereocenters. The minimum absolute atomic E-state index is 0.00658. The Morgan fingerprint density at radius 2 is 2.04 bits per heavy atom. The molecular formula is C20H20N4O3. The molecule has 0 spiro atoms. The SMILES string of the molecule is CC(C)N(Cc1ccc(C#N)cc1)C(=O)CCc1nc(-c2ccco2)no1. The molecule has 0 saturated carbocycles. The molecule has 0 bridgehead atoms. The molecule has 1 amide bonds. The number of hydrogen-bond acceptors (Lipinski definition) is 6. The molecule has 7 nitrogen and oxygen atoms in total. The molecule has 0 fully saturated rings. The summed E-state index contributed by atoms with van der Waals surface area (Å²) in [5.41, 5.74) is 1.58. The molecule has 7 heteroatoms. The maximum atomic E-state index is 12.7. The van der Waals surface area contributed by atoms with Crippen LogP contribution in [-0.2, 0) is 17.8 Å². The van der Waals surface area contributed by atoms with Crippen molar-refractivity contribution in [1.29, 1.82) is 5.26 Å². The second-order valence-corrected chi connectivity index (χ2v) is 6.41. The maximum Gasteiger partial charge on any atom is 0.238 e. The molecule has 3 aromatic rings. The molecule has 0 aliphatic carbocycles. The summed E-state index contributed by atoms with van der Waals surface area (Å²) in [6, 6.07) is 12.9. The Morgan fingerprint density at radius 1 is 1.26 bits per heavy atom. The zero-order chi connectivity index (χ0) is 19.2. The predicted octanol–water partition coefficient (Wildman–Crippen LogP) is 3.57. The Bertz CT molecular complexity index is 921. The van der Waals surface area contributed by atoms with Crippen LogP contribution in [0.5, 0.6) is 0 Å². The molecule has 27 heavy (non-hydrogen) atoms. The van der Waals surface area contributed by atoms with E-state index in [2.05, 4.69) is 16.2 Å². The highest BCUT2D eigenvalue weighted by Gasteiger charge is 2.19. The Morgan fingerprint density at radius 3 is 2.67 bits per heavy atom. The molecule has 0 aliphatic rings. The van der Waals surface area contributed by atoms with Gasteiger partial charge in [0.2, 0.25) is 17.6 Å². The number of carbonyl (C=O) groups is 1. The van der Waals surface area contributed by atoms with Gasteiger partial charge in [-0.25, -0.2) is 0 Å². The van der Waals surface area contributed by atoms with Gasteiger partial charge >= 0.3 is 0 Å². The molecule has 3 rings (SSSR count). The van der Waals surface area contributed by atoms with Gasteiger partial charge in [-0.2, -0.15) is 10.2 Å². The number of rotatable bonds is 7. The van der Waals surface area contributed by atoms with E-state index >= 15 is 0 Å². The lowest BCUT2D eigenvalue weighted by molar-refractivity contribution is -0.133. The van der Waals surface area contributed by atoms with Crippen LogP contribution in [0.25, 0.3) is 11.6 Å². The summed E-state index contributed by atoms with van der Waals surface area (Å²) in [4.78, 5) is 18.7. The summed E-state index contributed by atoms with van der Waals surface area (Å²) in [5, 5.41) is 12.8. The van der Waals surface area contributed by atoms with Crippen molar-refractivity contribution in [3.05, 3.63) is 59.7 Å². The third kappa shape index (κ3) is 4.61. The minimum Gasteiger partial charge on any atom is -0.461 e. The van der Waals surface area contributed by atoms with Crippen LogP contribution in [0.4, 0.5) is 0 Å². The van der Waals surface area contributed by atoms with E-state index in [0.717, 1.165) is 5.56 Å². The zero-order valence-electron chi connectivity index (χ0n) is 15.3. The lowest BCUT2D eigenvalue weighted by Crippen LogP contribution is -2.36. The molecule has 0 saturated heterocycles. The largest absolute Gasteiger partial charge is 0.461 e. The molecule has 0 unspecified atom stereocenters. The van der Waals surface area contributed by atoms with Crippen LogP contribution in [0.15, 0.2) is 51.6 Å². The fourth-order valence-electron chi connectivity index (χ4n) is 2.66. The second-order valence-electron chi connectivity index (χ2n) is 6.41. The van der Waals surface area contributed by atoms with Gasteiger partial charge in [-0.15, -0.1) is 0 Å². The van der Waals surface area contributed by atoms with Gasteiger partial charge in [0.15, 0.2) is 5.76 Å². The van der Waals surface area contributed by atoms with Crippen LogP contribution in [-0.4, -0.2) is 27.0 Å². The fourth-order valence-corrected chi connectivity index (χ4v) is 2.66. The second kappa shape index (κ2) is 8.32. The van der Waals surface area contributed by atoms with Crippen molar-refractivity contribution in [2.75, 3.05) is 0 Å². The lowest BCUT2D eigenvalue weighted by atomic mass is 10.1. The van der Waals surface area contributed by atoms with Crippen LogP contribution in [0.3, 0.4) is 0 Å². The molecular weight excluding hydrogens is 344 g/mol. The lowest BCUT2D eigenvalue weighted by Gasteiger charge is -2.27. The standard InChI is InChI=1S/C20H20N4O3/c1-14(2)24(13-16-7-5-15(12-21)6-8-16)19(25)10-9-18-22-20(23-27-18)17-4-3-11-26-17/h3-8,11,14H,9-10,13H2,1-2H3. The first-order chi connectivity index (χ1) is 13.1. The number of benzene rings is 1. The summed E-state index contributed by atoms with van der Waals surface area (Å²) >= 11 is 0. The average molecular weight is 364 g/mol. The zero-order valence-corrected chi connectivity index (χ0v) is 15.3. The van der Waals surface area contributed by atoms with E-state index in [-0.39, 0.29) is 18.4 Å². The van der Waals surface area contributed by atoms with Crippen molar-refractivity contribution in [2.24, 2.45) is 0 Å². The Kier molecular flexibility index (Phi) is 5.67. The van der Waals surface area contributed by atoms with E-state index < -0.39 is 0 Å². The van der Waals surface area contributed by atoms with Crippen LogP contribution < -0.4 is 0 Å². The average Bonchev–Trinajstić information content (AvgIpc) is 3.35. The highest BCUT2D eigenvalue weighted by Crippen LogP contribution is 2.17. The highest BCUT2D eigenvalue weighted by atomic mass is 16.5. The molecule has 0 aliphatic heterocycles. The molecule has 0 N–H and O–H groups in total. The Labute approximate surface area is 157 Å². The summed E-state index contributed by atoms with van der Waals surface area (Å²) < 4.78 is 10.4. The van der Waals surface area contributed by atoms with Crippen molar-refractivity contribution >= 4 is 5.91 Å². The van der Waals surface area contributed by atoms with E-state index in [0.29, 0.717) is 36.0 Å². The Balaban J connectivity index is 1.61. The van der Waals surface area contributed by atoms with Gasteiger partial charge in [-0.1, -0.05) is 17.3 Å². The van der Waals surface area contributed by atoms with Crippen molar-refractivity contribution < 1.29 is 13.7 Å². The predicted molar refractivity (Wildman–Crippen MR) is 97.2 cm³/mol. The first-order valence-electron chi connectivity index (χ1n) is 8.72. The minimum atomic E-state index is 0.00658. The van der Waals surface area contributed by atoms with Crippen LogP contribution in [0.1, 0.15) is 37.3 Å². The third-order valence-corrected chi connectivity index (χ3v) is 4.14. The van der Waals surface area contributed by atoms with Crippen LogP contribution >= 0.6 is 0 Å². The molecule has 2 heterocycles. The summed E-state index contributed by atoms with van der Waals surface area (Å²) in [7, 11) is 0. The summed E-state index contributed by atoms with van der Waals surface area (Å²) in [6.07, 6.45) is 2.18. The van der Waals surface area contributed by atoms with E-state index in [4.69, 9.17) is 14.2 Å². The molecule has 2 aromatic heterocycles. The number of furan rings is 1. The first kappa shape index (κ1) is 18.4. The smallest absolute Gasteiger partial charge is 0.238 e. The number of nitriles is 1. The van der Waals surface area contributed by atoms with Gasteiger partial charge in [-0.05, 0) is 43.7 Å². The number of aryl methyl sites for hydroxylation is 1. The monoisotopic (exact) mass is 364 g/mol. The van der Waals surface area contributed by atoms with Gasteiger partial charge < -0.3 is 13.8 Å². The topological polar surface area (TPSA) is 96.2 Å². The highest BCUT2D eigenvalue weighted by molar-refractivity contribution is 5.76. The van der Waals surface area contributed by atoms with Crippen LogP contribution in [0.2, 0.25) is 0 Å². The van der Waals surface area contributed by atoms with Gasteiger partial charge in [0.05, 0.1) is 17.9 Å². The third-order valence-electron chi connectivity index (χ3n) is 4.14. The van der Waals surface area contributed by atoms with E-state index in [1.807, 2.05) is 26.0 Å². The number of amides is 1. The number of hydrogen-bond donors (Lipinski definition) is 0. The van der Waals surface area contributed by atoms with Gasteiger partial charge in [-0.3, -0.25) is 4.79 Å². The van der Waals surface area contributed by atoms with Crippen LogP contribution in [0, 0.1) is 11.3 Å². The Hall–Kier alpha value is -3.40. The quantitative estimate of drug-likeness (QED) is 0.636. The van der Waals surface area contributed by atoms with Crippen molar-refractivity contribution in [1.82, 2.24) is 15.0 Å². The van der Waals surface area contributed by atoms with Gasteiger partial charge in [0.1, 0.15) is 0 Å². The van der Waals surface area contributed by atoms with E-state index in [9.17, 15) is 4.79 Å². The van der Waals surface area contributed by atoms with E-state index in [1.165, 1.54) is 0 Å². The van der Waals surface area contributed by atoms with Gasteiger partial charge in [0.25, 0.3) is 0 Å². The molecule has 1 aromatic carbocycles. The molecule has 138 valence electrons. The first-order valence-corrected chi connectivity index (χ1v) is 8.72. The van der Waals surface area contributed by atoms with Crippen molar-refractivity contribution in [3.63, 3.8) is 0 Å². The summed E-state index contributed by atoms with van der Waals surface area (Å²) in [6.45, 7) is 4.44.